The van der Waals surface area contributed by atoms with E-state index in [4.69, 9.17) is 0 Å². The molecule has 0 unspecified atom stereocenters. The molecule has 0 saturated carbocycles. The standard InChI is InChI=1S/C13H16O3S/c1-3-5-13(14)11-6-8-12(9-7-11)17(15,16)10-4-2/h4,6-9H,2-3,5,10H2,1H3. The number of ketones is 1. The molecule has 0 aliphatic carbocycles. The van der Waals surface area contributed by atoms with Crippen LogP contribution in [0, 0.1) is 0 Å². The van der Waals surface area contributed by atoms with Gasteiger partial charge in [0.05, 0.1) is 10.6 Å². The van der Waals surface area contributed by atoms with E-state index in [1.165, 1.54) is 18.2 Å². The molecule has 92 valence electrons. The van der Waals surface area contributed by atoms with Crippen molar-refractivity contribution in [2.75, 3.05) is 5.75 Å². The molecule has 0 spiro atoms. The third-order valence-electron chi connectivity index (χ3n) is 2.35. The van der Waals surface area contributed by atoms with E-state index in [1.54, 1.807) is 12.1 Å². The number of carbonyl (C=O) groups is 1. The van der Waals surface area contributed by atoms with Gasteiger partial charge in [-0.1, -0.05) is 25.1 Å². The molecule has 0 bridgehead atoms. The highest BCUT2D eigenvalue weighted by Crippen LogP contribution is 2.14. The van der Waals surface area contributed by atoms with E-state index in [1.807, 2.05) is 6.92 Å². The molecule has 0 aromatic heterocycles. The molecule has 17 heavy (non-hydrogen) atoms. The van der Waals surface area contributed by atoms with Crippen LogP contribution in [0.3, 0.4) is 0 Å². The maximum absolute atomic E-state index is 11.7. The molecule has 0 heterocycles. The fourth-order valence-corrected chi connectivity index (χ4v) is 2.52. The first-order chi connectivity index (χ1) is 8.01. The first-order valence-electron chi connectivity index (χ1n) is 5.48. The highest BCUT2D eigenvalue weighted by molar-refractivity contribution is 7.91. The van der Waals surface area contributed by atoms with Crippen LogP contribution in [-0.4, -0.2) is 20.0 Å². The third kappa shape index (κ3) is 3.53. The summed E-state index contributed by atoms with van der Waals surface area (Å²) in [5, 5.41) is 0. The average molecular weight is 252 g/mol. The molecular weight excluding hydrogens is 236 g/mol. The van der Waals surface area contributed by atoms with Crippen LogP contribution in [0.5, 0.6) is 0 Å². The normalized spacial score (nSPS) is 11.1. The minimum absolute atomic E-state index is 0.0418. The fraction of sp³-hybridized carbons (Fsp3) is 0.308. The molecule has 0 atom stereocenters. The zero-order valence-corrected chi connectivity index (χ0v) is 10.7. The van der Waals surface area contributed by atoms with Gasteiger partial charge in [-0.05, 0) is 18.6 Å². The molecule has 1 rings (SSSR count). The highest BCUT2D eigenvalue weighted by Gasteiger charge is 2.13. The first-order valence-corrected chi connectivity index (χ1v) is 7.13. The van der Waals surface area contributed by atoms with Crippen LogP contribution in [0.4, 0.5) is 0 Å². The first kappa shape index (κ1) is 13.6. The van der Waals surface area contributed by atoms with Gasteiger partial charge in [0.25, 0.3) is 0 Å². The minimum Gasteiger partial charge on any atom is -0.294 e. The van der Waals surface area contributed by atoms with Gasteiger partial charge >= 0.3 is 0 Å². The number of hydrogen-bond donors (Lipinski definition) is 0. The molecular formula is C13H16O3S. The Labute approximate surface area is 102 Å². The van der Waals surface area contributed by atoms with Crippen LogP contribution in [0.2, 0.25) is 0 Å². The Kier molecular flexibility index (Phi) is 4.63. The second-order valence-corrected chi connectivity index (χ2v) is 5.80. The quantitative estimate of drug-likeness (QED) is 0.577. The number of benzene rings is 1. The van der Waals surface area contributed by atoms with Gasteiger partial charge in [0, 0.05) is 12.0 Å². The molecule has 1 aromatic carbocycles. The lowest BCUT2D eigenvalue weighted by atomic mass is 10.1. The summed E-state index contributed by atoms with van der Waals surface area (Å²) in [4.78, 5) is 11.8. The topological polar surface area (TPSA) is 51.2 Å². The van der Waals surface area contributed by atoms with E-state index in [-0.39, 0.29) is 16.4 Å². The Balaban J connectivity index is 2.96. The van der Waals surface area contributed by atoms with Crippen molar-refractivity contribution in [2.24, 2.45) is 0 Å². The second-order valence-electron chi connectivity index (χ2n) is 3.77. The van der Waals surface area contributed by atoms with Crippen LogP contribution >= 0.6 is 0 Å². The number of carbonyl (C=O) groups excluding carboxylic acids is 1. The van der Waals surface area contributed by atoms with Crippen LogP contribution in [0.15, 0.2) is 41.8 Å². The maximum atomic E-state index is 11.7. The summed E-state index contributed by atoms with van der Waals surface area (Å²) in [7, 11) is -3.29. The van der Waals surface area contributed by atoms with Gasteiger partial charge in [-0.25, -0.2) is 8.42 Å². The zero-order chi connectivity index (χ0) is 12.9. The lowest BCUT2D eigenvalue weighted by molar-refractivity contribution is 0.0981. The van der Waals surface area contributed by atoms with E-state index in [0.29, 0.717) is 12.0 Å². The Morgan fingerprint density at radius 1 is 1.29 bits per heavy atom. The average Bonchev–Trinajstić information content (AvgIpc) is 2.29. The molecule has 0 aliphatic rings. The lowest BCUT2D eigenvalue weighted by Crippen LogP contribution is -2.05. The fourth-order valence-electron chi connectivity index (χ4n) is 1.47. The van der Waals surface area contributed by atoms with Gasteiger partial charge in [0.15, 0.2) is 15.6 Å². The molecule has 0 fully saturated rings. The van der Waals surface area contributed by atoms with Crippen molar-refractivity contribution < 1.29 is 13.2 Å². The molecule has 0 N–H and O–H groups in total. The zero-order valence-electron chi connectivity index (χ0n) is 9.85. The minimum atomic E-state index is -3.29. The second kappa shape index (κ2) is 5.77. The van der Waals surface area contributed by atoms with Gasteiger partial charge < -0.3 is 0 Å². The van der Waals surface area contributed by atoms with E-state index in [2.05, 4.69) is 6.58 Å². The van der Waals surface area contributed by atoms with Gasteiger partial charge in [0.2, 0.25) is 0 Å². The van der Waals surface area contributed by atoms with Crippen molar-refractivity contribution in [3.63, 3.8) is 0 Å². The summed E-state index contributed by atoms with van der Waals surface area (Å²) >= 11 is 0. The Bertz CT molecular complexity index is 498. The largest absolute Gasteiger partial charge is 0.294 e. The van der Waals surface area contributed by atoms with Crippen molar-refractivity contribution in [1.82, 2.24) is 0 Å². The molecule has 1 aromatic rings. The SMILES string of the molecule is C=CCS(=O)(=O)c1ccc(C(=O)CCC)cc1. The Morgan fingerprint density at radius 2 is 1.88 bits per heavy atom. The van der Waals surface area contributed by atoms with Gasteiger partial charge in [-0.3, -0.25) is 4.79 Å². The van der Waals surface area contributed by atoms with Crippen LogP contribution in [0.25, 0.3) is 0 Å². The summed E-state index contributed by atoms with van der Waals surface area (Å²) in [5.74, 6) is -0.0462. The summed E-state index contributed by atoms with van der Waals surface area (Å²) in [6.45, 7) is 5.34. The summed E-state index contributed by atoms with van der Waals surface area (Å²) in [5.41, 5.74) is 0.560. The number of Topliss-reactive ketones (excluding diaryl/α,β-unsaturated/α-hetero) is 1. The number of sulfone groups is 1. The molecule has 0 saturated heterocycles. The highest BCUT2D eigenvalue weighted by atomic mass is 32.2. The van der Waals surface area contributed by atoms with Gasteiger partial charge in [-0.15, -0.1) is 6.58 Å². The number of rotatable bonds is 6. The molecule has 0 radical (unpaired) electrons. The monoisotopic (exact) mass is 252 g/mol. The van der Waals surface area contributed by atoms with E-state index < -0.39 is 9.84 Å². The third-order valence-corrected chi connectivity index (χ3v) is 4.01. The molecule has 4 heteroatoms. The van der Waals surface area contributed by atoms with Crippen molar-refractivity contribution in [1.29, 1.82) is 0 Å². The predicted octanol–water partition coefficient (Wildman–Crippen LogP) is 2.63. The summed E-state index contributed by atoms with van der Waals surface area (Å²) in [6.07, 6.45) is 2.62. The molecule has 0 amide bonds. The van der Waals surface area contributed by atoms with Crippen molar-refractivity contribution in [2.45, 2.75) is 24.7 Å². The Hall–Kier alpha value is -1.42. The maximum Gasteiger partial charge on any atom is 0.181 e. The predicted molar refractivity (Wildman–Crippen MR) is 67.9 cm³/mol. The van der Waals surface area contributed by atoms with Gasteiger partial charge in [0.1, 0.15) is 0 Å². The van der Waals surface area contributed by atoms with Crippen molar-refractivity contribution >= 4 is 15.6 Å². The summed E-state index contributed by atoms with van der Waals surface area (Å²) in [6, 6.07) is 6.07. The van der Waals surface area contributed by atoms with E-state index in [9.17, 15) is 13.2 Å². The smallest absolute Gasteiger partial charge is 0.181 e. The Morgan fingerprint density at radius 3 is 2.35 bits per heavy atom. The number of hydrogen-bond acceptors (Lipinski definition) is 3. The van der Waals surface area contributed by atoms with Crippen LogP contribution in [0.1, 0.15) is 30.1 Å². The summed E-state index contributed by atoms with van der Waals surface area (Å²) < 4.78 is 23.4. The van der Waals surface area contributed by atoms with Crippen molar-refractivity contribution in [3.05, 3.63) is 42.5 Å². The lowest BCUT2D eigenvalue weighted by Gasteiger charge is -2.03. The molecule has 0 aliphatic heterocycles. The van der Waals surface area contributed by atoms with Crippen LogP contribution in [-0.2, 0) is 9.84 Å². The van der Waals surface area contributed by atoms with Crippen molar-refractivity contribution in [3.8, 4) is 0 Å². The van der Waals surface area contributed by atoms with Gasteiger partial charge in [-0.2, -0.15) is 0 Å². The van der Waals surface area contributed by atoms with E-state index >= 15 is 0 Å². The van der Waals surface area contributed by atoms with E-state index in [0.717, 1.165) is 6.42 Å². The van der Waals surface area contributed by atoms with Crippen LogP contribution < -0.4 is 0 Å². The molecule has 3 nitrogen and oxygen atoms in total.